The molecule has 0 bridgehead atoms. The molecule has 0 aliphatic carbocycles. The number of carbonyl (C=O) groups is 2. The number of aromatic amines is 2. The van der Waals surface area contributed by atoms with Crippen LogP contribution in [-0.2, 0) is 9.59 Å². The van der Waals surface area contributed by atoms with E-state index in [-0.39, 0.29) is 22.7 Å². The Labute approximate surface area is 320 Å². The second kappa shape index (κ2) is 14.9. The molecule has 3 unspecified atom stereocenters. The summed E-state index contributed by atoms with van der Waals surface area (Å²) in [5.74, 6) is 0.803. The summed E-state index contributed by atoms with van der Waals surface area (Å²) in [5.41, 5.74) is 3.71. The number of rotatable bonds is 12. The van der Waals surface area contributed by atoms with Crippen LogP contribution in [-0.4, -0.2) is 53.2 Å². The summed E-state index contributed by atoms with van der Waals surface area (Å²) >= 11 is 0. The van der Waals surface area contributed by atoms with Gasteiger partial charge in [0.05, 0.1) is 34.2 Å². The van der Waals surface area contributed by atoms with E-state index in [0.717, 1.165) is 44.3 Å². The third-order valence-electron chi connectivity index (χ3n) is 9.97. The number of hydrogen-bond donors (Lipinski definition) is 6. The van der Waals surface area contributed by atoms with Gasteiger partial charge in [0.15, 0.2) is 0 Å². The van der Waals surface area contributed by atoms with Crippen LogP contribution in [0, 0.1) is 22.7 Å². The molecular formula is C44H60N6O4. The lowest BCUT2D eigenvalue weighted by Crippen LogP contribution is -2.49. The Hall–Kier alpha value is -4.54. The number of carbonyl (C=O) groups excluding carboxylic acids is 2. The van der Waals surface area contributed by atoms with Crippen LogP contribution < -0.4 is 10.6 Å². The summed E-state index contributed by atoms with van der Waals surface area (Å²) in [4.78, 5) is 43.1. The largest absolute Gasteiger partial charge is 0.380 e. The van der Waals surface area contributed by atoms with Crippen molar-refractivity contribution < 1.29 is 19.8 Å². The molecule has 0 saturated heterocycles. The maximum Gasteiger partial charge on any atom is 0.252 e. The number of H-pyrrole nitrogens is 2. The first-order valence-electron chi connectivity index (χ1n) is 19.1. The number of hydrogen-bond acceptors (Lipinski definition) is 6. The van der Waals surface area contributed by atoms with E-state index in [4.69, 9.17) is 9.97 Å². The SMILES string of the molecule is CC(C)CC(C)(O)C(=O)NC(c1nc2cc(-c3ccc(-c4ccc5[nH]c([C@@H](NC(=O)C(C)(O)CC(C)C)C(C)(C)C)nc5c4)cc3)ccc2[nH]1)C(C)(C)C. The predicted octanol–water partition coefficient (Wildman–Crippen LogP) is 8.77. The van der Waals surface area contributed by atoms with E-state index in [1.54, 1.807) is 13.8 Å². The zero-order valence-corrected chi connectivity index (χ0v) is 34.1. The molecule has 0 aliphatic heterocycles. The highest BCUT2D eigenvalue weighted by Gasteiger charge is 2.39. The summed E-state index contributed by atoms with van der Waals surface area (Å²) in [6.07, 6.45) is 0.722. The minimum atomic E-state index is -1.49. The van der Waals surface area contributed by atoms with Gasteiger partial charge in [0.1, 0.15) is 22.9 Å². The first-order chi connectivity index (χ1) is 24.9. The van der Waals surface area contributed by atoms with Crippen molar-refractivity contribution in [2.24, 2.45) is 22.7 Å². The number of nitrogens with zero attached hydrogens (tertiary/aromatic N) is 2. The van der Waals surface area contributed by atoms with Crippen LogP contribution in [0.1, 0.15) is 120 Å². The second-order valence-corrected chi connectivity index (χ2v) is 18.6. The molecule has 0 fully saturated rings. The van der Waals surface area contributed by atoms with E-state index in [1.807, 2.05) is 93.5 Å². The summed E-state index contributed by atoms with van der Waals surface area (Å²) < 4.78 is 0. The molecule has 54 heavy (non-hydrogen) atoms. The monoisotopic (exact) mass is 736 g/mol. The first kappa shape index (κ1) is 40.6. The van der Waals surface area contributed by atoms with E-state index in [9.17, 15) is 19.8 Å². The van der Waals surface area contributed by atoms with Gasteiger partial charge < -0.3 is 30.8 Å². The maximum absolute atomic E-state index is 13.2. The molecule has 0 spiro atoms. The topological polar surface area (TPSA) is 156 Å². The fourth-order valence-corrected chi connectivity index (χ4v) is 7.28. The van der Waals surface area contributed by atoms with E-state index in [0.29, 0.717) is 24.5 Å². The minimum absolute atomic E-state index is 0.166. The van der Waals surface area contributed by atoms with Crippen molar-refractivity contribution in [2.75, 3.05) is 0 Å². The molecule has 2 aromatic heterocycles. The first-order valence-corrected chi connectivity index (χ1v) is 19.1. The van der Waals surface area contributed by atoms with E-state index in [1.165, 1.54) is 0 Å². The Morgan fingerprint density at radius 1 is 0.574 bits per heavy atom. The molecule has 0 radical (unpaired) electrons. The molecular weight excluding hydrogens is 677 g/mol. The molecule has 10 nitrogen and oxygen atoms in total. The van der Waals surface area contributed by atoms with Gasteiger partial charge in [-0.1, -0.05) is 106 Å². The number of amides is 2. The fraction of sp³-hybridized carbons (Fsp3) is 0.500. The lowest BCUT2D eigenvalue weighted by atomic mass is 9.85. The van der Waals surface area contributed by atoms with Crippen molar-refractivity contribution in [1.82, 2.24) is 30.6 Å². The minimum Gasteiger partial charge on any atom is -0.380 e. The lowest BCUT2D eigenvalue weighted by Gasteiger charge is -2.33. The molecule has 2 amide bonds. The number of imidazole rings is 2. The molecule has 0 saturated carbocycles. The molecule has 0 aliphatic rings. The fourth-order valence-electron chi connectivity index (χ4n) is 7.28. The number of benzene rings is 3. The van der Waals surface area contributed by atoms with Gasteiger partial charge in [0, 0.05) is 0 Å². The summed E-state index contributed by atoms with van der Waals surface area (Å²) in [6, 6.07) is 19.7. The predicted molar refractivity (Wildman–Crippen MR) is 217 cm³/mol. The van der Waals surface area contributed by atoms with Crippen molar-refractivity contribution in [3.05, 3.63) is 72.3 Å². The van der Waals surface area contributed by atoms with E-state index in [2.05, 4.69) is 57.0 Å². The van der Waals surface area contributed by atoms with E-state index < -0.39 is 35.1 Å². The van der Waals surface area contributed by atoms with Crippen molar-refractivity contribution in [1.29, 1.82) is 0 Å². The smallest absolute Gasteiger partial charge is 0.252 e. The van der Waals surface area contributed by atoms with Gasteiger partial charge in [0.25, 0.3) is 11.8 Å². The average molecular weight is 737 g/mol. The van der Waals surface area contributed by atoms with Crippen molar-refractivity contribution in [2.45, 2.75) is 119 Å². The Bertz CT molecular complexity index is 1960. The van der Waals surface area contributed by atoms with Gasteiger partial charge in [-0.3, -0.25) is 9.59 Å². The third kappa shape index (κ3) is 9.21. The van der Waals surface area contributed by atoms with Crippen LogP contribution in [0.5, 0.6) is 0 Å². The van der Waals surface area contributed by atoms with Gasteiger partial charge in [0.2, 0.25) is 0 Å². The van der Waals surface area contributed by atoms with Crippen LogP contribution in [0.15, 0.2) is 60.7 Å². The van der Waals surface area contributed by atoms with Gasteiger partial charge >= 0.3 is 0 Å². The summed E-state index contributed by atoms with van der Waals surface area (Å²) in [7, 11) is 0. The van der Waals surface area contributed by atoms with Crippen LogP contribution in [0.4, 0.5) is 0 Å². The zero-order chi connectivity index (χ0) is 40.0. The molecule has 10 heteroatoms. The molecule has 290 valence electrons. The molecule has 6 N–H and O–H groups in total. The van der Waals surface area contributed by atoms with Crippen molar-refractivity contribution >= 4 is 33.9 Å². The number of fused-ring (bicyclic) bond motifs is 2. The molecule has 5 rings (SSSR count). The standard InChI is InChI=1S/C44H60N6O4/c1-25(2)23-43(11,53)39(51)49-35(41(5,6)7)37-45-31-19-17-29(21-33(31)47-37)27-13-15-28(16-14-27)30-18-20-32-34(22-30)48-38(46-32)36(42(8,9)10)50-40(52)44(12,54)24-26(3)4/h13-22,25-26,35-36,53-54H,23-24H2,1-12H3,(H,45,47)(H,46,48)(H,49,51)(H,50,52)/t35-,36?,43?,44?/m1/s1. The van der Waals surface area contributed by atoms with Crippen LogP contribution in [0.25, 0.3) is 44.3 Å². The van der Waals surface area contributed by atoms with Gasteiger partial charge in [-0.25, -0.2) is 9.97 Å². The molecule has 2 heterocycles. The van der Waals surface area contributed by atoms with Crippen LogP contribution >= 0.6 is 0 Å². The van der Waals surface area contributed by atoms with Gasteiger partial charge in [-0.2, -0.15) is 0 Å². The second-order valence-electron chi connectivity index (χ2n) is 18.6. The summed E-state index contributed by atoms with van der Waals surface area (Å²) in [6.45, 7) is 23.3. The van der Waals surface area contributed by atoms with Crippen LogP contribution in [0.2, 0.25) is 0 Å². The molecule has 3 aromatic carbocycles. The van der Waals surface area contributed by atoms with Crippen LogP contribution in [0.3, 0.4) is 0 Å². The van der Waals surface area contributed by atoms with E-state index >= 15 is 0 Å². The number of nitrogens with one attached hydrogen (secondary N) is 4. The third-order valence-corrected chi connectivity index (χ3v) is 9.97. The number of aliphatic hydroxyl groups is 2. The average Bonchev–Trinajstić information content (AvgIpc) is 3.66. The Morgan fingerprint density at radius 3 is 1.19 bits per heavy atom. The van der Waals surface area contributed by atoms with Crippen molar-refractivity contribution in [3.8, 4) is 22.3 Å². The lowest BCUT2D eigenvalue weighted by molar-refractivity contribution is -0.141. The highest BCUT2D eigenvalue weighted by Crippen LogP contribution is 2.36. The zero-order valence-electron chi connectivity index (χ0n) is 34.1. The molecule has 5 aromatic rings. The normalized spacial score (nSPS) is 16.0. The van der Waals surface area contributed by atoms with Gasteiger partial charge in [-0.05, 0) is 95.9 Å². The number of aromatic nitrogens is 4. The quantitative estimate of drug-likeness (QED) is 0.0752. The summed E-state index contributed by atoms with van der Waals surface area (Å²) in [5, 5.41) is 28.0. The Balaban J connectivity index is 1.37. The Morgan fingerprint density at radius 2 is 0.889 bits per heavy atom. The maximum atomic E-state index is 13.2. The highest BCUT2D eigenvalue weighted by molar-refractivity contribution is 5.87. The highest BCUT2D eigenvalue weighted by atomic mass is 16.3. The molecule has 4 atom stereocenters. The van der Waals surface area contributed by atoms with Crippen molar-refractivity contribution in [3.63, 3.8) is 0 Å². The van der Waals surface area contributed by atoms with Gasteiger partial charge in [-0.15, -0.1) is 0 Å². The Kier molecular flexibility index (Phi) is 11.2.